The molecule has 1 heterocycles. The van der Waals surface area contributed by atoms with Gasteiger partial charge in [0.2, 0.25) is 10.0 Å². The van der Waals surface area contributed by atoms with Gasteiger partial charge in [-0.2, -0.15) is 4.31 Å². The van der Waals surface area contributed by atoms with Gasteiger partial charge in [0.25, 0.3) is 0 Å². The molecule has 23 heavy (non-hydrogen) atoms. The van der Waals surface area contributed by atoms with Crippen molar-refractivity contribution >= 4 is 10.0 Å². The maximum atomic E-state index is 12.4. The Morgan fingerprint density at radius 1 is 1.00 bits per heavy atom. The van der Waals surface area contributed by atoms with E-state index in [1.54, 1.807) is 12.1 Å². The summed E-state index contributed by atoms with van der Waals surface area (Å²) >= 11 is 0. The number of benzene rings is 1. The molecule has 2 rings (SSSR count). The molecule has 0 unspecified atom stereocenters. The van der Waals surface area contributed by atoms with E-state index in [1.807, 2.05) is 45.0 Å². The third kappa shape index (κ3) is 4.43. The summed E-state index contributed by atoms with van der Waals surface area (Å²) in [4.78, 5) is 0.339. The Labute approximate surface area is 138 Å². The van der Waals surface area contributed by atoms with Gasteiger partial charge < -0.3 is 9.73 Å². The van der Waals surface area contributed by atoms with Gasteiger partial charge in [0, 0.05) is 19.6 Å². The maximum absolute atomic E-state index is 12.4. The molecule has 0 fully saturated rings. The van der Waals surface area contributed by atoms with E-state index in [0.717, 1.165) is 17.1 Å². The average molecular weight is 336 g/mol. The number of hydrogen-bond donors (Lipinski definition) is 1. The third-order valence-corrected chi connectivity index (χ3v) is 5.76. The van der Waals surface area contributed by atoms with Crippen LogP contribution in [0.2, 0.25) is 0 Å². The first-order valence-electron chi connectivity index (χ1n) is 7.82. The molecule has 0 bridgehead atoms. The molecule has 0 aliphatic heterocycles. The Morgan fingerprint density at radius 3 is 2.17 bits per heavy atom. The van der Waals surface area contributed by atoms with Crippen LogP contribution in [0, 0.1) is 6.92 Å². The SMILES string of the molecule is CCN(CC)S(=O)(=O)c1ccc(CNCc2ccc(C)o2)cc1. The number of nitrogens with zero attached hydrogens (tertiary/aromatic N) is 1. The Morgan fingerprint density at radius 2 is 1.65 bits per heavy atom. The van der Waals surface area contributed by atoms with Gasteiger partial charge >= 0.3 is 0 Å². The average Bonchev–Trinajstić information content (AvgIpc) is 2.94. The van der Waals surface area contributed by atoms with Crippen molar-refractivity contribution in [1.82, 2.24) is 9.62 Å². The fraction of sp³-hybridized carbons (Fsp3) is 0.412. The van der Waals surface area contributed by atoms with Crippen LogP contribution in [0.5, 0.6) is 0 Å². The summed E-state index contributed by atoms with van der Waals surface area (Å²) in [5.74, 6) is 1.79. The molecular formula is C17H24N2O3S. The van der Waals surface area contributed by atoms with Crippen molar-refractivity contribution in [3.8, 4) is 0 Å². The molecule has 0 amide bonds. The van der Waals surface area contributed by atoms with Crippen molar-refractivity contribution in [2.75, 3.05) is 13.1 Å². The summed E-state index contributed by atoms with van der Waals surface area (Å²) in [5, 5.41) is 3.28. The van der Waals surface area contributed by atoms with Gasteiger partial charge in [0.1, 0.15) is 11.5 Å². The number of nitrogens with one attached hydrogen (secondary N) is 1. The van der Waals surface area contributed by atoms with Gasteiger partial charge in [-0.25, -0.2) is 8.42 Å². The molecular weight excluding hydrogens is 312 g/mol. The minimum atomic E-state index is -3.38. The normalized spacial score (nSPS) is 12.0. The fourth-order valence-corrected chi connectivity index (χ4v) is 3.86. The smallest absolute Gasteiger partial charge is 0.243 e. The van der Waals surface area contributed by atoms with E-state index in [2.05, 4.69) is 5.32 Å². The van der Waals surface area contributed by atoms with Crippen LogP contribution in [0.25, 0.3) is 0 Å². The standard InChI is InChI=1S/C17H24N2O3S/c1-4-19(5-2)23(20,21)17-10-7-15(8-11-17)12-18-13-16-9-6-14(3)22-16/h6-11,18H,4-5,12-13H2,1-3H3. The zero-order valence-corrected chi connectivity index (χ0v) is 14.7. The van der Waals surface area contributed by atoms with Gasteiger partial charge in [-0.1, -0.05) is 26.0 Å². The van der Waals surface area contributed by atoms with Crippen LogP contribution < -0.4 is 5.32 Å². The van der Waals surface area contributed by atoms with Crippen molar-refractivity contribution in [2.24, 2.45) is 0 Å². The van der Waals surface area contributed by atoms with Crippen molar-refractivity contribution in [2.45, 2.75) is 38.8 Å². The Bertz CT molecular complexity index is 717. The fourth-order valence-electron chi connectivity index (χ4n) is 2.40. The number of hydrogen-bond acceptors (Lipinski definition) is 4. The quantitative estimate of drug-likeness (QED) is 0.805. The number of furan rings is 1. The highest BCUT2D eigenvalue weighted by Gasteiger charge is 2.20. The summed E-state index contributed by atoms with van der Waals surface area (Å²) in [6, 6.07) is 10.9. The molecule has 0 aliphatic carbocycles. The second-order valence-corrected chi connectivity index (χ2v) is 7.29. The second-order valence-electron chi connectivity index (χ2n) is 5.35. The van der Waals surface area contributed by atoms with Crippen LogP contribution in [0.15, 0.2) is 45.7 Å². The molecule has 1 aromatic heterocycles. The monoisotopic (exact) mass is 336 g/mol. The van der Waals surface area contributed by atoms with Gasteiger partial charge in [-0.05, 0) is 36.8 Å². The number of rotatable bonds is 8. The van der Waals surface area contributed by atoms with Gasteiger partial charge in [0.15, 0.2) is 0 Å². The molecule has 6 heteroatoms. The summed E-state index contributed by atoms with van der Waals surface area (Å²) in [7, 11) is -3.38. The van der Waals surface area contributed by atoms with Crippen LogP contribution in [0.1, 0.15) is 30.9 Å². The first kappa shape index (κ1) is 17.7. The highest BCUT2D eigenvalue weighted by Crippen LogP contribution is 2.16. The summed E-state index contributed by atoms with van der Waals surface area (Å²) in [5.41, 5.74) is 1.03. The lowest BCUT2D eigenvalue weighted by Gasteiger charge is -2.18. The lowest BCUT2D eigenvalue weighted by Crippen LogP contribution is -2.30. The predicted molar refractivity (Wildman–Crippen MR) is 90.5 cm³/mol. The Balaban J connectivity index is 1.96. The van der Waals surface area contributed by atoms with Crippen molar-refractivity contribution in [3.05, 3.63) is 53.5 Å². The Kier molecular flexibility index (Phi) is 5.98. The molecule has 1 aromatic carbocycles. The third-order valence-electron chi connectivity index (χ3n) is 3.69. The minimum Gasteiger partial charge on any atom is -0.465 e. The van der Waals surface area contributed by atoms with Gasteiger partial charge in [-0.15, -0.1) is 0 Å². The molecule has 0 saturated carbocycles. The van der Waals surface area contributed by atoms with Crippen LogP contribution >= 0.6 is 0 Å². The Hall–Kier alpha value is -1.63. The van der Waals surface area contributed by atoms with E-state index in [0.29, 0.717) is 31.1 Å². The van der Waals surface area contributed by atoms with E-state index < -0.39 is 10.0 Å². The van der Waals surface area contributed by atoms with E-state index in [1.165, 1.54) is 4.31 Å². The topological polar surface area (TPSA) is 62.6 Å². The van der Waals surface area contributed by atoms with Crippen LogP contribution in [-0.4, -0.2) is 25.8 Å². The predicted octanol–water partition coefficient (Wildman–Crippen LogP) is 2.91. The summed E-state index contributed by atoms with van der Waals surface area (Å²) in [6.07, 6.45) is 0. The summed E-state index contributed by atoms with van der Waals surface area (Å²) in [6.45, 7) is 7.86. The molecule has 2 aromatic rings. The number of aryl methyl sites for hydroxylation is 1. The minimum absolute atomic E-state index is 0.339. The van der Waals surface area contributed by atoms with Crippen LogP contribution in [0.4, 0.5) is 0 Å². The van der Waals surface area contributed by atoms with E-state index in [-0.39, 0.29) is 0 Å². The first-order valence-corrected chi connectivity index (χ1v) is 9.26. The molecule has 0 spiro atoms. The van der Waals surface area contributed by atoms with E-state index in [4.69, 9.17) is 4.42 Å². The van der Waals surface area contributed by atoms with Gasteiger partial charge in [-0.3, -0.25) is 0 Å². The first-order chi connectivity index (χ1) is 11.0. The molecule has 0 atom stereocenters. The van der Waals surface area contributed by atoms with Crippen molar-refractivity contribution < 1.29 is 12.8 Å². The molecule has 126 valence electrons. The second kappa shape index (κ2) is 7.77. The van der Waals surface area contributed by atoms with E-state index >= 15 is 0 Å². The zero-order chi connectivity index (χ0) is 16.9. The number of sulfonamides is 1. The van der Waals surface area contributed by atoms with Crippen LogP contribution in [-0.2, 0) is 23.1 Å². The lowest BCUT2D eigenvalue weighted by atomic mass is 10.2. The van der Waals surface area contributed by atoms with Crippen molar-refractivity contribution in [1.29, 1.82) is 0 Å². The highest BCUT2D eigenvalue weighted by atomic mass is 32.2. The van der Waals surface area contributed by atoms with E-state index in [9.17, 15) is 8.42 Å². The maximum Gasteiger partial charge on any atom is 0.243 e. The summed E-state index contributed by atoms with van der Waals surface area (Å²) < 4.78 is 31.8. The molecule has 5 nitrogen and oxygen atoms in total. The van der Waals surface area contributed by atoms with Gasteiger partial charge in [0.05, 0.1) is 11.4 Å². The lowest BCUT2D eigenvalue weighted by molar-refractivity contribution is 0.445. The molecule has 1 N–H and O–H groups in total. The molecule has 0 radical (unpaired) electrons. The molecule has 0 saturated heterocycles. The highest BCUT2D eigenvalue weighted by molar-refractivity contribution is 7.89. The van der Waals surface area contributed by atoms with Crippen LogP contribution in [0.3, 0.4) is 0 Å². The molecule has 0 aliphatic rings. The zero-order valence-electron chi connectivity index (χ0n) is 13.9. The largest absolute Gasteiger partial charge is 0.465 e. The van der Waals surface area contributed by atoms with Crippen molar-refractivity contribution in [3.63, 3.8) is 0 Å².